The normalized spacial score (nSPS) is 10.9. The van der Waals surface area contributed by atoms with Gasteiger partial charge in [-0.05, 0) is 13.8 Å². The van der Waals surface area contributed by atoms with Gasteiger partial charge in [-0.3, -0.25) is 5.01 Å². The van der Waals surface area contributed by atoms with Gasteiger partial charge < -0.3 is 4.74 Å². The van der Waals surface area contributed by atoms with Crippen LogP contribution >= 0.6 is 0 Å². The number of ether oxygens (including phenoxy) is 1. The largest absolute Gasteiger partial charge is 0.466 e. The molecule has 4 nitrogen and oxygen atoms in total. The van der Waals surface area contributed by atoms with E-state index in [0.717, 1.165) is 6.54 Å². The van der Waals surface area contributed by atoms with Crippen molar-refractivity contribution < 1.29 is 9.53 Å². The maximum Gasteiger partial charge on any atom is 0.332 e. The molecule has 0 radical (unpaired) electrons. The van der Waals surface area contributed by atoms with E-state index in [0.29, 0.717) is 0 Å². The van der Waals surface area contributed by atoms with Crippen molar-refractivity contribution in [3.05, 3.63) is 12.3 Å². The standard InChI is InChI=1S/C8H14N2O2/c1-4-9-10(5-2)7-6-8(11)12-3/h4,6-7H,5H2,1-3H3/b7-6+,9-4+. The summed E-state index contributed by atoms with van der Waals surface area (Å²) in [6, 6.07) is 0. The predicted octanol–water partition coefficient (Wildman–Crippen LogP) is 1.00. The number of hydrogen-bond donors (Lipinski definition) is 0. The molecule has 0 aromatic rings. The molecule has 0 heterocycles. The highest BCUT2D eigenvalue weighted by molar-refractivity contribution is 5.81. The van der Waals surface area contributed by atoms with E-state index in [1.54, 1.807) is 17.4 Å². The molecule has 0 aliphatic carbocycles. The van der Waals surface area contributed by atoms with Crippen LogP contribution < -0.4 is 0 Å². The quantitative estimate of drug-likeness (QED) is 0.273. The summed E-state index contributed by atoms with van der Waals surface area (Å²) < 4.78 is 4.42. The maximum absolute atomic E-state index is 10.6. The van der Waals surface area contributed by atoms with Gasteiger partial charge in [0, 0.05) is 25.0 Å². The van der Waals surface area contributed by atoms with Crippen molar-refractivity contribution in [3.63, 3.8) is 0 Å². The molecule has 0 atom stereocenters. The van der Waals surface area contributed by atoms with E-state index < -0.39 is 0 Å². The molecule has 0 saturated heterocycles. The Morgan fingerprint density at radius 3 is 2.75 bits per heavy atom. The van der Waals surface area contributed by atoms with Crippen LogP contribution in [-0.4, -0.2) is 30.8 Å². The van der Waals surface area contributed by atoms with E-state index in [9.17, 15) is 4.79 Å². The first-order valence-electron chi connectivity index (χ1n) is 3.76. The molecule has 0 saturated carbocycles. The molecule has 0 spiro atoms. The van der Waals surface area contributed by atoms with Gasteiger partial charge in [0.2, 0.25) is 0 Å². The Hall–Kier alpha value is -1.32. The van der Waals surface area contributed by atoms with Gasteiger partial charge in [-0.1, -0.05) is 0 Å². The highest BCUT2D eigenvalue weighted by Crippen LogP contribution is 1.90. The average molecular weight is 170 g/mol. The van der Waals surface area contributed by atoms with Gasteiger partial charge in [-0.25, -0.2) is 4.79 Å². The Bertz CT molecular complexity index is 187. The molecule has 0 unspecified atom stereocenters. The minimum Gasteiger partial charge on any atom is -0.466 e. The maximum atomic E-state index is 10.6. The number of rotatable bonds is 4. The molecule has 0 rings (SSSR count). The molecule has 0 aliphatic rings. The fourth-order valence-corrected chi connectivity index (χ4v) is 0.589. The van der Waals surface area contributed by atoms with E-state index in [1.165, 1.54) is 13.2 Å². The van der Waals surface area contributed by atoms with Gasteiger partial charge in [0.15, 0.2) is 0 Å². The van der Waals surface area contributed by atoms with E-state index in [-0.39, 0.29) is 5.97 Å². The van der Waals surface area contributed by atoms with Gasteiger partial charge in [0.25, 0.3) is 0 Å². The zero-order valence-electron chi connectivity index (χ0n) is 7.65. The van der Waals surface area contributed by atoms with Gasteiger partial charge >= 0.3 is 5.97 Å². The Balaban J connectivity index is 4.00. The first-order chi connectivity index (χ1) is 5.74. The Morgan fingerprint density at radius 2 is 2.33 bits per heavy atom. The first-order valence-corrected chi connectivity index (χ1v) is 3.76. The van der Waals surface area contributed by atoms with Crippen LogP contribution in [0.2, 0.25) is 0 Å². The van der Waals surface area contributed by atoms with Crippen LogP contribution in [0.4, 0.5) is 0 Å². The number of hydrazone groups is 1. The molecule has 68 valence electrons. The van der Waals surface area contributed by atoms with E-state index in [4.69, 9.17) is 0 Å². The topological polar surface area (TPSA) is 41.9 Å². The molecule has 4 heteroatoms. The fraction of sp³-hybridized carbons (Fsp3) is 0.500. The molecule has 0 bridgehead atoms. The van der Waals surface area contributed by atoms with Crippen molar-refractivity contribution >= 4 is 12.2 Å². The van der Waals surface area contributed by atoms with Crippen molar-refractivity contribution in [2.75, 3.05) is 13.7 Å². The zero-order valence-corrected chi connectivity index (χ0v) is 7.65. The summed E-state index contributed by atoms with van der Waals surface area (Å²) in [6.45, 7) is 4.47. The molecule has 0 N–H and O–H groups in total. The number of methoxy groups -OCH3 is 1. The molecule has 0 aliphatic heterocycles. The van der Waals surface area contributed by atoms with Crippen molar-refractivity contribution in [2.45, 2.75) is 13.8 Å². The van der Waals surface area contributed by atoms with Crippen molar-refractivity contribution in [3.8, 4) is 0 Å². The number of carbonyl (C=O) groups excluding carboxylic acids is 1. The highest BCUT2D eigenvalue weighted by Gasteiger charge is 1.93. The summed E-state index contributed by atoms with van der Waals surface area (Å²) in [4.78, 5) is 10.6. The molecule has 0 fully saturated rings. The van der Waals surface area contributed by atoms with Crippen molar-refractivity contribution in [2.24, 2.45) is 5.10 Å². The number of carbonyl (C=O) groups is 1. The Labute approximate surface area is 72.5 Å². The molecule has 0 aromatic heterocycles. The lowest BCUT2D eigenvalue weighted by atomic mass is 10.6. The highest BCUT2D eigenvalue weighted by atomic mass is 16.5. The van der Waals surface area contributed by atoms with Crippen molar-refractivity contribution in [1.82, 2.24) is 5.01 Å². The summed E-state index contributed by atoms with van der Waals surface area (Å²) in [7, 11) is 1.34. The van der Waals surface area contributed by atoms with Crippen LogP contribution in [0.5, 0.6) is 0 Å². The SMILES string of the molecule is C/C=N/N(/C=C/C(=O)OC)CC. The molecule has 12 heavy (non-hydrogen) atoms. The van der Waals surface area contributed by atoms with Gasteiger partial charge in [0.05, 0.1) is 7.11 Å². The minimum absolute atomic E-state index is 0.375. The van der Waals surface area contributed by atoms with E-state index in [2.05, 4.69) is 9.84 Å². The first kappa shape index (κ1) is 10.7. The predicted molar refractivity (Wildman–Crippen MR) is 47.7 cm³/mol. The minimum atomic E-state index is -0.375. The van der Waals surface area contributed by atoms with Crippen LogP contribution in [0, 0.1) is 0 Å². The smallest absolute Gasteiger partial charge is 0.332 e. The third-order valence-electron chi connectivity index (χ3n) is 1.17. The summed E-state index contributed by atoms with van der Waals surface area (Å²) in [5.41, 5.74) is 0. The second-order valence-electron chi connectivity index (χ2n) is 1.97. The summed E-state index contributed by atoms with van der Waals surface area (Å²) in [6.07, 6.45) is 4.56. The monoisotopic (exact) mass is 170 g/mol. The summed E-state index contributed by atoms with van der Waals surface area (Å²) >= 11 is 0. The van der Waals surface area contributed by atoms with Crippen LogP contribution in [0.25, 0.3) is 0 Å². The second kappa shape index (κ2) is 6.39. The van der Waals surface area contributed by atoms with Crippen molar-refractivity contribution in [1.29, 1.82) is 0 Å². The zero-order chi connectivity index (χ0) is 9.40. The van der Waals surface area contributed by atoms with Gasteiger partial charge in [-0.2, -0.15) is 5.10 Å². The lowest BCUT2D eigenvalue weighted by Gasteiger charge is -2.09. The fourth-order valence-electron chi connectivity index (χ4n) is 0.589. The molecule has 0 aromatic carbocycles. The third kappa shape index (κ3) is 4.49. The Kier molecular flexibility index (Phi) is 5.69. The lowest BCUT2D eigenvalue weighted by Crippen LogP contribution is -2.09. The molecular formula is C8H14N2O2. The second-order valence-corrected chi connectivity index (χ2v) is 1.97. The Morgan fingerprint density at radius 1 is 1.67 bits per heavy atom. The van der Waals surface area contributed by atoms with Crippen LogP contribution in [0.15, 0.2) is 17.4 Å². The number of hydrogen-bond acceptors (Lipinski definition) is 4. The lowest BCUT2D eigenvalue weighted by molar-refractivity contribution is -0.134. The van der Waals surface area contributed by atoms with Crippen LogP contribution in [0.3, 0.4) is 0 Å². The van der Waals surface area contributed by atoms with Crippen LogP contribution in [-0.2, 0) is 9.53 Å². The third-order valence-corrected chi connectivity index (χ3v) is 1.17. The molecule has 0 amide bonds. The number of nitrogens with zero attached hydrogens (tertiary/aromatic N) is 2. The summed E-state index contributed by atoms with van der Waals surface area (Å²) in [5, 5.41) is 5.60. The van der Waals surface area contributed by atoms with E-state index >= 15 is 0 Å². The molecular weight excluding hydrogens is 156 g/mol. The van der Waals surface area contributed by atoms with Gasteiger partial charge in [-0.15, -0.1) is 0 Å². The van der Waals surface area contributed by atoms with Crippen LogP contribution in [0.1, 0.15) is 13.8 Å². The van der Waals surface area contributed by atoms with Gasteiger partial charge in [0.1, 0.15) is 0 Å². The summed E-state index contributed by atoms with van der Waals surface area (Å²) in [5.74, 6) is -0.375. The number of esters is 1. The van der Waals surface area contributed by atoms with E-state index in [1.807, 2.05) is 13.8 Å². The average Bonchev–Trinajstić information content (AvgIpc) is 2.11.